The van der Waals surface area contributed by atoms with Gasteiger partial charge in [0.2, 0.25) is 5.91 Å². The van der Waals surface area contributed by atoms with E-state index in [1.54, 1.807) is 12.1 Å². The van der Waals surface area contributed by atoms with Gasteiger partial charge in [-0.1, -0.05) is 30.3 Å². The molecule has 0 spiro atoms. The summed E-state index contributed by atoms with van der Waals surface area (Å²) in [4.78, 5) is 34.5. The average Bonchev–Trinajstić information content (AvgIpc) is 2.64. The first-order valence-corrected chi connectivity index (χ1v) is 8.44. The Balaban J connectivity index is 2.28. The van der Waals surface area contributed by atoms with Crippen molar-refractivity contribution in [2.45, 2.75) is 44.4 Å². The summed E-state index contributed by atoms with van der Waals surface area (Å²) in [6.45, 7) is -0.139. The highest BCUT2D eigenvalue weighted by Crippen LogP contribution is 2.03. The highest BCUT2D eigenvalue weighted by molar-refractivity contribution is 5.83. The Kier molecular flexibility index (Phi) is 9.96. The van der Waals surface area contributed by atoms with Gasteiger partial charge >= 0.3 is 12.1 Å². The number of aliphatic carboxylic acids is 1. The van der Waals surface area contributed by atoms with E-state index < -0.39 is 30.1 Å². The molecule has 0 aliphatic rings. The van der Waals surface area contributed by atoms with Gasteiger partial charge in [0.1, 0.15) is 12.6 Å². The van der Waals surface area contributed by atoms with Gasteiger partial charge < -0.3 is 25.6 Å². The van der Waals surface area contributed by atoms with Crippen molar-refractivity contribution in [1.82, 2.24) is 10.6 Å². The van der Waals surface area contributed by atoms with Crippen molar-refractivity contribution in [2.75, 3.05) is 6.54 Å². The third-order valence-electron chi connectivity index (χ3n) is 3.53. The minimum atomic E-state index is -1.21. The minimum absolute atomic E-state index is 0.0756. The second kappa shape index (κ2) is 12.3. The van der Waals surface area contributed by atoms with Gasteiger partial charge in [0, 0.05) is 13.0 Å². The number of carbonyl (C=O) groups excluding carboxylic acids is 2. The van der Waals surface area contributed by atoms with Crippen LogP contribution in [0.4, 0.5) is 4.79 Å². The average molecular weight is 377 g/mol. The lowest BCUT2D eigenvalue weighted by Crippen LogP contribution is -2.43. The zero-order valence-corrected chi connectivity index (χ0v) is 14.8. The van der Waals surface area contributed by atoms with Gasteiger partial charge in [0.05, 0.1) is 18.6 Å². The summed E-state index contributed by atoms with van der Waals surface area (Å²) in [7, 11) is 0. The second-order valence-electron chi connectivity index (χ2n) is 5.81. The molecule has 2 amide bonds. The van der Waals surface area contributed by atoms with Gasteiger partial charge in [0.25, 0.3) is 0 Å². The number of amides is 2. The summed E-state index contributed by atoms with van der Waals surface area (Å²) in [6, 6.07) is 9.82. The molecule has 9 heteroatoms. The molecule has 9 nitrogen and oxygen atoms in total. The number of nitriles is 1. The molecular formula is C18H23N3O6. The number of benzene rings is 1. The largest absolute Gasteiger partial charge is 0.480 e. The molecule has 0 aliphatic heterocycles. The predicted octanol–water partition coefficient (Wildman–Crippen LogP) is 0.927. The number of hydrogen-bond acceptors (Lipinski definition) is 6. The van der Waals surface area contributed by atoms with Crippen LogP contribution in [0.2, 0.25) is 0 Å². The van der Waals surface area contributed by atoms with E-state index in [0.29, 0.717) is 6.42 Å². The molecule has 146 valence electrons. The van der Waals surface area contributed by atoms with E-state index in [1.807, 2.05) is 24.3 Å². The van der Waals surface area contributed by atoms with Gasteiger partial charge in [-0.05, 0) is 18.4 Å². The lowest BCUT2D eigenvalue weighted by atomic mass is 10.1. The molecule has 2 atom stereocenters. The van der Waals surface area contributed by atoms with Crippen LogP contribution in [0.1, 0.15) is 31.2 Å². The van der Waals surface area contributed by atoms with Crippen LogP contribution in [-0.4, -0.2) is 46.9 Å². The number of hydrogen-bond donors (Lipinski definition) is 4. The number of carbonyl (C=O) groups is 3. The molecule has 0 saturated heterocycles. The number of nitrogens with zero attached hydrogens (tertiary/aromatic N) is 1. The number of ether oxygens (including phenoxy) is 1. The first-order chi connectivity index (χ1) is 12.9. The maximum Gasteiger partial charge on any atom is 0.407 e. The summed E-state index contributed by atoms with van der Waals surface area (Å²) in [5.74, 6) is -1.87. The van der Waals surface area contributed by atoms with E-state index in [4.69, 9.17) is 15.1 Å². The zero-order valence-electron chi connectivity index (χ0n) is 14.8. The molecule has 1 rings (SSSR count). The lowest BCUT2D eigenvalue weighted by Gasteiger charge is -2.16. The molecular weight excluding hydrogens is 354 g/mol. The Morgan fingerprint density at radius 1 is 1.22 bits per heavy atom. The van der Waals surface area contributed by atoms with Crippen molar-refractivity contribution in [2.24, 2.45) is 0 Å². The molecule has 0 fully saturated rings. The highest BCUT2D eigenvalue weighted by Gasteiger charge is 2.21. The van der Waals surface area contributed by atoms with Crippen molar-refractivity contribution in [3.63, 3.8) is 0 Å². The monoisotopic (exact) mass is 377 g/mol. The Bertz CT molecular complexity index is 659. The smallest absolute Gasteiger partial charge is 0.407 e. The van der Waals surface area contributed by atoms with Crippen molar-refractivity contribution in [1.29, 1.82) is 5.26 Å². The standard InChI is InChI=1S/C18H23N3O6/c19-9-5-4-8-15(17(24)25)21-16(23)10-14(22)11-20-18(26)27-12-13-6-2-1-3-7-13/h1-3,6-7,14-15,22H,4-5,8,10-12H2,(H,20,26)(H,21,23)(H,24,25)/t14-,15+/m0/s1. The third-order valence-corrected chi connectivity index (χ3v) is 3.53. The summed E-state index contributed by atoms with van der Waals surface area (Å²) in [6.07, 6.45) is -1.65. The van der Waals surface area contributed by atoms with Gasteiger partial charge in [-0.25, -0.2) is 9.59 Å². The van der Waals surface area contributed by atoms with Crippen LogP contribution < -0.4 is 10.6 Å². The molecule has 0 bridgehead atoms. The van der Waals surface area contributed by atoms with Crippen LogP contribution in [-0.2, 0) is 20.9 Å². The van der Waals surface area contributed by atoms with E-state index in [1.165, 1.54) is 0 Å². The Morgan fingerprint density at radius 2 is 1.93 bits per heavy atom. The number of carboxylic acid groups (broad SMARTS) is 1. The van der Waals surface area contributed by atoms with Crippen molar-refractivity contribution < 1.29 is 29.3 Å². The third kappa shape index (κ3) is 9.81. The van der Waals surface area contributed by atoms with Gasteiger partial charge in [0.15, 0.2) is 0 Å². The van der Waals surface area contributed by atoms with Crippen LogP contribution in [0, 0.1) is 11.3 Å². The number of aliphatic hydroxyl groups is 1. The fourth-order valence-electron chi connectivity index (χ4n) is 2.16. The van der Waals surface area contributed by atoms with Crippen LogP contribution in [0.3, 0.4) is 0 Å². The molecule has 1 aromatic carbocycles. The fourth-order valence-corrected chi connectivity index (χ4v) is 2.16. The number of alkyl carbamates (subject to hydrolysis) is 1. The van der Waals surface area contributed by atoms with Crippen LogP contribution in [0.15, 0.2) is 30.3 Å². The molecule has 0 radical (unpaired) electrons. The molecule has 0 saturated carbocycles. The predicted molar refractivity (Wildman–Crippen MR) is 94.3 cm³/mol. The van der Waals surface area contributed by atoms with Crippen LogP contribution in [0.5, 0.6) is 0 Å². The van der Waals surface area contributed by atoms with Crippen LogP contribution in [0.25, 0.3) is 0 Å². The number of carboxylic acids is 1. The molecule has 0 aliphatic carbocycles. The van der Waals surface area contributed by atoms with Crippen molar-refractivity contribution in [3.8, 4) is 6.07 Å². The van der Waals surface area contributed by atoms with Gasteiger partial charge in [-0.2, -0.15) is 5.26 Å². The summed E-state index contributed by atoms with van der Waals surface area (Å²) in [5.41, 5.74) is 0.809. The highest BCUT2D eigenvalue weighted by atomic mass is 16.5. The number of nitrogens with one attached hydrogen (secondary N) is 2. The van der Waals surface area contributed by atoms with Crippen LogP contribution >= 0.6 is 0 Å². The SMILES string of the molecule is N#CCCC[C@@H](NC(=O)C[C@H](O)CNC(=O)OCc1ccccc1)C(=O)O. The van der Waals surface area contributed by atoms with Gasteiger partial charge in [-0.3, -0.25) is 4.79 Å². The normalized spacial score (nSPS) is 12.3. The quantitative estimate of drug-likeness (QED) is 0.419. The van der Waals surface area contributed by atoms with E-state index in [2.05, 4.69) is 10.6 Å². The molecule has 4 N–H and O–H groups in total. The molecule has 0 heterocycles. The molecule has 0 aromatic heterocycles. The van der Waals surface area contributed by atoms with E-state index in [0.717, 1.165) is 5.56 Å². The Labute approximate surface area is 156 Å². The first kappa shape index (κ1) is 21.9. The summed E-state index contributed by atoms with van der Waals surface area (Å²) in [5, 5.41) is 31.9. The van der Waals surface area contributed by atoms with Gasteiger partial charge in [-0.15, -0.1) is 0 Å². The van der Waals surface area contributed by atoms with Crippen molar-refractivity contribution in [3.05, 3.63) is 35.9 Å². The molecule has 0 unspecified atom stereocenters. The summed E-state index contributed by atoms with van der Waals surface area (Å²) < 4.78 is 4.97. The fraction of sp³-hybridized carbons (Fsp3) is 0.444. The Hall–Kier alpha value is -3.12. The van der Waals surface area contributed by atoms with E-state index >= 15 is 0 Å². The second-order valence-corrected chi connectivity index (χ2v) is 5.81. The van der Waals surface area contributed by atoms with Crippen molar-refractivity contribution >= 4 is 18.0 Å². The topological polar surface area (TPSA) is 149 Å². The maximum absolute atomic E-state index is 11.8. The number of aliphatic hydroxyl groups excluding tert-OH is 1. The Morgan fingerprint density at radius 3 is 2.56 bits per heavy atom. The van der Waals surface area contributed by atoms with E-state index in [9.17, 15) is 19.5 Å². The maximum atomic E-state index is 11.8. The number of rotatable bonds is 11. The molecule has 1 aromatic rings. The zero-order chi connectivity index (χ0) is 20.1. The number of unbranched alkanes of at least 4 members (excludes halogenated alkanes) is 1. The first-order valence-electron chi connectivity index (χ1n) is 8.44. The summed E-state index contributed by atoms with van der Waals surface area (Å²) >= 11 is 0. The van der Waals surface area contributed by atoms with E-state index in [-0.39, 0.29) is 32.4 Å². The minimum Gasteiger partial charge on any atom is -0.480 e. The lowest BCUT2D eigenvalue weighted by molar-refractivity contribution is -0.142. The molecule has 27 heavy (non-hydrogen) atoms.